The molecule has 2 amide bonds. The number of cyclic esters (lactones) is 1. The fourth-order valence-electron chi connectivity index (χ4n) is 5.55. The Morgan fingerprint density at radius 1 is 0.892 bits per heavy atom. The Morgan fingerprint density at radius 2 is 1.46 bits per heavy atom. The molecule has 2 aliphatic heterocycles. The van der Waals surface area contributed by atoms with E-state index in [1.54, 1.807) is 47.4 Å². The van der Waals surface area contributed by atoms with Crippen LogP contribution in [-0.4, -0.2) is 58.1 Å². The summed E-state index contributed by atoms with van der Waals surface area (Å²) in [4.78, 5) is 41.6. The van der Waals surface area contributed by atoms with Gasteiger partial charge in [-0.2, -0.15) is 0 Å². The Hall–Kier alpha value is -4.13. The summed E-state index contributed by atoms with van der Waals surface area (Å²) in [5.74, 6) is -1.00. The second-order valence-corrected chi connectivity index (χ2v) is 9.99. The first-order valence-corrected chi connectivity index (χ1v) is 12.6. The van der Waals surface area contributed by atoms with Gasteiger partial charge in [0.1, 0.15) is 5.60 Å². The van der Waals surface area contributed by atoms with Gasteiger partial charge in [-0.1, -0.05) is 66.7 Å². The molecule has 2 fully saturated rings. The van der Waals surface area contributed by atoms with Crippen molar-refractivity contribution in [1.82, 2.24) is 9.80 Å². The fourth-order valence-corrected chi connectivity index (χ4v) is 5.55. The van der Waals surface area contributed by atoms with Gasteiger partial charge in [-0.25, -0.2) is 9.59 Å². The summed E-state index contributed by atoms with van der Waals surface area (Å²) in [5.41, 5.74) is 2.25. The van der Waals surface area contributed by atoms with Crippen LogP contribution in [0.25, 0.3) is 11.1 Å². The molecule has 0 aromatic heterocycles. The predicted octanol–water partition coefficient (Wildman–Crippen LogP) is 5.32. The van der Waals surface area contributed by atoms with Gasteiger partial charge in [-0.05, 0) is 48.6 Å². The van der Waals surface area contributed by atoms with E-state index in [9.17, 15) is 19.5 Å². The number of rotatable bonds is 6. The fraction of sp³-hybridized carbons (Fsp3) is 0.300. The summed E-state index contributed by atoms with van der Waals surface area (Å²) in [5, 5.41) is 9.65. The van der Waals surface area contributed by atoms with E-state index in [1.807, 2.05) is 48.2 Å². The molecule has 2 saturated heterocycles. The highest BCUT2D eigenvalue weighted by molar-refractivity contribution is 6.04. The number of hydrogen-bond donors (Lipinski definition) is 1. The predicted molar refractivity (Wildman–Crippen MR) is 139 cm³/mol. The first kappa shape index (κ1) is 24.6. The molecule has 5 rings (SSSR count). The van der Waals surface area contributed by atoms with E-state index < -0.39 is 11.6 Å². The topological polar surface area (TPSA) is 87.2 Å². The van der Waals surface area contributed by atoms with Crippen LogP contribution in [0.15, 0.2) is 78.9 Å². The maximum Gasteiger partial charge on any atom is 0.410 e. The molecule has 2 heterocycles. The van der Waals surface area contributed by atoms with Crippen LogP contribution in [0.2, 0.25) is 0 Å². The largest absolute Gasteiger partial charge is 0.478 e. The van der Waals surface area contributed by atoms with E-state index in [0.29, 0.717) is 42.9 Å². The lowest BCUT2D eigenvalue weighted by molar-refractivity contribution is -0.00479. The van der Waals surface area contributed by atoms with E-state index in [4.69, 9.17) is 4.74 Å². The van der Waals surface area contributed by atoms with Crippen molar-refractivity contribution in [1.29, 1.82) is 0 Å². The number of amides is 2. The Balaban J connectivity index is 1.28. The molecule has 0 aliphatic carbocycles. The summed E-state index contributed by atoms with van der Waals surface area (Å²) in [6.07, 6.45) is 1.15. The lowest BCUT2D eigenvalue weighted by Gasteiger charge is -2.39. The molecule has 0 unspecified atom stereocenters. The van der Waals surface area contributed by atoms with Crippen LogP contribution >= 0.6 is 0 Å². The average Bonchev–Trinajstić information content (AvgIpc) is 3.22. The molecule has 0 radical (unpaired) electrons. The Labute approximate surface area is 216 Å². The summed E-state index contributed by atoms with van der Waals surface area (Å²) >= 11 is 0. The highest BCUT2D eigenvalue weighted by Crippen LogP contribution is 2.38. The number of carbonyl (C=O) groups excluding carboxylic acids is 2. The summed E-state index contributed by atoms with van der Waals surface area (Å²) in [6.45, 7) is 4.12. The van der Waals surface area contributed by atoms with Crippen molar-refractivity contribution in [3.05, 3.63) is 95.6 Å². The Kier molecular flexibility index (Phi) is 6.70. The number of aromatic carboxylic acids is 1. The van der Waals surface area contributed by atoms with Crippen molar-refractivity contribution in [2.75, 3.05) is 19.6 Å². The van der Waals surface area contributed by atoms with Crippen molar-refractivity contribution in [3.63, 3.8) is 0 Å². The number of likely N-dealkylation sites (tertiary alicyclic amines) is 1. The molecule has 3 aromatic carbocycles. The zero-order chi connectivity index (χ0) is 26.0. The Bertz CT molecular complexity index is 1320. The zero-order valence-corrected chi connectivity index (χ0v) is 20.8. The van der Waals surface area contributed by atoms with Crippen LogP contribution in [-0.2, 0) is 11.3 Å². The number of carbonyl (C=O) groups is 3. The second-order valence-electron chi connectivity index (χ2n) is 9.99. The standard InChI is InChI=1S/C30H30N2O5/c1-30(20-32(29(36)37-30)19-21-9-3-2-4-10-21)22-15-17-31(18-16-22)27(33)25-13-7-5-11-23(25)24-12-6-8-14-26(24)28(34)35/h2-14,22H,15-20H2,1H3,(H,34,35)/t30-/m1/s1. The van der Waals surface area contributed by atoms with E-state index in [2.05, 4.69) is 0 Å². The van der Waals surface area contributed by atoms with E-state index in [-0.39, 0.29) is 23.5 Å². The first-order chi connectivity index (χ1) is 17.9. The Morgan fingerprint density at radius 3 is 2.11 bits per heavy atom. The van der Waals surface area contributed by atoms with Gasteiger partial charge in [-0.15, -0.1) is 0 Å². The molecule has 3 aromatic rings. The van der Waals surface area contributed by atoms with Crippen molar-refractivity contribution in [2.24, 2.45) is 5.92 Å². The zero-order valence-electron chi connectivity index (χ0n) is 20.8. The minimum absolute atomic E-state index is 0.117. The smallest absolute Gasteiger partial charge is 0.410 e. The molecule has 0 bridgehead atoms. The summed E-state index contributed by atoms with van der Waals surface area (Å²) < 4.78 is 5.89. The SMILES string of the molecule is C[C@]1(C2CCN(C(=O)c3ccccc3-c3ccccc3C(=O)O)CC2)CN(Cc2ccccc2)C(=O)O1. The number of nitrogens with zero attached hydrogens (tertiary/aromatic N) is 2. The number of carboxylic acids is 1. The van der Waals surface area contributed by atoms with E-state index in [1.165, 1.54) is 0 Å². The van der Waals surface area contributed by atoms with Gasteiger partial charge in [0.05, 0.1) is 12.1 Å². The lowest BCUT2D eigenvalue weighted by atomic mass is 9.81. The highest BCUT2D eigenvalue weighted by atomic mass is 16.6. The average molecular weight is 499 g/mol. The molecule has 1 atom stereocenters. The third kappa shape index (κ3) is 4.94. The molecule has 0 saturated carbocycles. The van der Waals surface area contributed by atoms with Crippen molar-refractivity contribution in [2.45, 2.75) is 31.9 Å². The molecule has 7 heteroatoms. The minimum atomic E-state index is -1.03. The van der Waals surface area contributed by atoms with Crippen LogP contribution in [0.5, 0.6) is 0 Å². The maximum atomic E-state index is 13.6. The van der Waals surface area contributed by atoms with Crippen LogP contribution < -0.4 is 0 Å². The van der Waals surface area contributed by atoms with Gasteiger partial charge in [0.15, 0.2) is 0 Å². The van der Waals surface area contributed by atoms with Crippen molar-refractivity contribution < 1.29 is 24.2 Å². The van der Waals surface area contributed by atoms with Gasteiger partial charge in [0.2, 0.25) is 0 Å². The molecule has 2 aliphatic rings. The van der Waals surface area contributed by atoms with Gasteiger partial charge >= 0.3 is 12.1 Å². The quantitative estimate of drug-likeness (QED) is 0.497. The lowest BCUT2D eigenvalue weighted by Crippen LogP contribution is -2.47. The van der Waals surface area contributed by atoms with Crippen molar-refractivity contribution in [3.8, 4) is 11.1 Å². The number of piperidine rings is 1. The highest BCUT2D eigenvalue weighted by Gasteiger charge is 2.48. The molecule has 0 spiro atoms. The van der Waals surface area contributed by atoms with Gasteiger partial charge in [0, 0.05) is 31.1 Å². The number of carboxylic acid groups (broad SMARTS) is 1. The van der Waals surface area contributed by atoms with Crippen LogP contribution in [0, 0.1) is 5.92 Å². The van der Waals surface area contributed by atoms with Crippen LogP contribution in [0.3, 0.4) is 0 Å². The maximum absolute atomic E-state index is 13.6. The number of ether oxygens (including phenoxy) is 1. The normalized spacial score (nSPS) is 20.1. The van der Waals surface area contributed by atoms with Crippen LogP contribution in [0.1, 0.15) is 46.0 Å². The minimum Gasteiger partial charge on any atom is -0.478 e. The van der Waals surface area contributed by atoms with Crippen LogP contribution in [0.4, 0.5) is 4.79 Å². The summed E-state index contributed by atoms with van der Waals surface area (Å²) in [7, 11) is 0. The third-order valence-electron chi connectivity index (χ3n) is 7.55. The third-order valence-corrected chi connectivity index (χ3v) is 7.55. The molecular weight excluding hydrogens is 468 g/mol. The van der Waals surface area contributed by atoms with Gasteiger partial charge in [0.25, 0.3) is 5.91 Å². The second kappa shape index (κ2) is 10.1. The molecular formula is C30H30N2O5. The van der Waals surface area contributed by atoms with Gasteiger partial charge < -0.3 is 14.7 Å². The van der Waals surface area contributed by atoms with Crippen molar-refractivity contribution >= 4 is 18.0 Å². The molecule has 1 N–H and O–H groups in total. The number of hydrogen-bond acceptors (Lipinski definition) is 4. The molecule has 37 heavy (non-hydrogen) atoms. The molecule has 190 valence electrons. The summed E-state index contributed by atoms with van der Waals surface area (Å²) in [6, 6.07) is 23.8. The van der Waals surface area contributed by atoms with Gasteiger partial charge in [-0.3, -0.25) is 9.69 Å². The molecule has 7 nitrogen and oxygen atoms in total. The van der Waals surface area contributed by atoms with E-state index >= 15 is 0 Å². The van der Waals surface area contributed by atoms with E-state index in [0.717, 1.165) is 18.4 Å². The monoisotopic (exact) mass is 498 g/mol. The first-order valence-electron chi connectivity index (χ1n) is 12.6. The number of benzene rings is 3.